The first kappa shape index (κ1) is 19.4. The highest BCUT2D eigenvalue weighted by molar-refractivity contribution is 5.50. The third-order valence-electron chi connectivity index (χ3n) is 4.98. The minimum absolute atomic E-state index is 0.167. The van der Waals surface area contributed by atoms with E-state index in [2.05, 4.69) is 70.2 Å². The van der Waals surface area contributed by atoms with Gasteiger partial charge in [0, 0.05) is 12.1 Å². The van der Waals surface area contributed by atoms with Crippen molar-refractivity contribution in [1.82, 2.24) is 0 Å². The molecule has 134 valence electrons. The van der Waals surface area contributed by atoms with E-state index in [0.29, 0.717) is 12.0 Å². The molecule has 1 aliphatic carbocycles. The van der Waals surface area contributed by atoms with Crippen LogP contribution in [-0.4, -0.2) is 11.7 Å². The maximum atomic E-state index is 8.93. The van der Waals surface area contributed by atoms with Crippen LogP contribution in [0.25, 0.3) is 6.08 Å². The Balaban J connectivity index is 2.01. The summed E-state index contributed by atoms with van der Waals surface area (Å²) in [6, 6.07) is 4.12. The number of pyridine rings is 1. The Hall–Kier alpha value is -1.93. The van der Waals surface area contributed by atoms with Crippen molar-refractivity contribution < 1.29 is 9.67 Å². The molecule has 25 heavy (non-hydrogen) atoms. The average molecular weight is 339 g/mol. The predicted octanol–water partition coefficient (Wildman–Crippen LogP) is 5.01. The van der Waals surface area contributed by atoms with Gasteiger partial charge in [0.25, 0.3) is 0 Å². The Bertz CT molecular complexity index is 687. The molecule has 2 rings (SSSR count). The molecule has 0 aromatic carbocycles. The van der Waals surface area contributed by atoms with Crippen LogP contribution in [0.4, 0.5) is 0 Å². The predicted molar refractivity (Wildman–Crippen MR) is 106 cm³/mol. The van der Waals surface area contributed by atoms with Gasteiger partial charge in [-0.25, -0.2) is 4.57 Å². The van der Waals surface area contributed by atoms with Crippen molar-refractivity contribution in [2.45, 2.75) is 53.5 Å². The van der Waals surface area contributed by atoms with Crippen LogP contribution in [0.5, 0.6) is 0 Å². The van der Waals surface area contributed by atoms with Gasteiger partial charge >= 0.3 is 0 Å². The molecule has 1 aromatic heterocycles. The summed E-state index contributed by atoms with van der Waals surface area (Å²) in [5.74, 6) is 0. The highest BCUT2D eigenvalue weighted by Crippen LogP contribution is 2.40. The Labute approximate surface area is 152 Å². The molecule has 0 unspecified atom stereocenters. The summed E-state index contributed by atoms with van der Waals surface area (Å²) in [6.07, 6.45) is 18.7. The molecular formula is C23H32NO+. The van der Waals surface area contributed by atoms with Crippen LogP contribution in [0.2, 0.25) is 0 Å². The first-order valence-electron chi connectivity index (χ1n) is 9.25. The first-order valence-corrected chi connectivity index (χ1v) is 9.25. The van der Waals surface area contributed by atoms with E-state index in [1.165, 1.54) is 36.0 Å². The van der Waals surface area contributed by atoms with E-state index in [1.54, 1.807) is 0 Å². The molecule has 1 aliphatic rings. The number of hydrogen-bond acceptors (Lipinski definition) is 1. The largest absolute Gasteiger partial charge is 0.390 e. The fourth-order valence-corrected chi connectivity index (χ4v) is 3.44. The lowest BCUT2D eigenvalue weighted by Gasteiger charge is -2.32. The lowest BCUT2D eigenvalue weighted by atomic mass is 9.72. The molecule has 1 aromatic rings. The van der Waals surface area contributed by atoms with Gasteiger partial charge < -0.3 is 5.11 Å². The molecule has 0 radical (unpaired) electrons. The van der Waals surface area contributed by atoms with Crippen LogP contribution in [0, 0.1) is 5.41 Å². The molecule has 0 saturated carbocycles. The Morgan fingerprint density at radius 1 is 1.24 bits per heavy atom. The van der Waals surface area contributed by atoms with Gasteiger partial charge in [-0.05, 0) is 49.7 Å². The minimum Gasteiger partial charge on any atom is -0.390 e. The van der Waals surface area contributed by atoms with E-state index in [1.807, 2.05) is 17.0 Å². The van der Waals surface area contributed by atoms with Crippen molar-refractivity contribution in [2.75, 3.05) is 6.61 Å². The monoisotopic (exact) mass is 338 g/mol. The highest BCUT2D eigenvalue weighted by atomic mass is 16.3. The molecule has 0 atom stereocenters. The quantitative estimate of drug-likeness (QED) is 0.572. The maximum absolute atomic E-state index is 8.93. The van der Waals surface area contributed by atoms with Gasteiger partial charge in [0.2, 0.25) is 0 Å². The lowest BCUT2D eigenvalue weighted by molar-refractivity contribution is -0.698. The number of hydrogen-bond donors (Lipinski definition) is 1. The number of allylic oxidation sites excluding steroid dienone is 7. The number of aliphatic hydroxyl groups excluding tert-OH is 1. The lowest BCUT2D eigenvalue weighted by Crippen LogP contribution is -2.34. The Morgan fingerprint density at radius 2 is 1.96 bits per heavy atom. The average Bonchev–Trinajstić information content (AvgIpc) is 2.56. The van der Waals surface area contributed by atoms with E-state index in [-0.39, 0.29) is 6.61 Å². The molecule has 0 aliphatic heterocycles. The van der Waals surface area contributed by atoms with E-state index < -0.39 is 0 Å². The van der Waals surface area contributed by atoms with Crippen molar-refractivity contribution in [3.8, 4) is 0 Å². The SMILES string of the molecule is CC1=C(/C=C/C(C)=C/C=C/c2cc[n+](CCO)cc2)C(C)(C)CCC1. The summed E-state index contributed by atoms with van der Waals surface area (Å²) in [6.45, 7) is 9.94. The summed E-state index contributed by atoms with van der Waals surface area (Å²) in [5.41, 5.74) is 5.75. The fourth-order valence-electron chi connectivity index (χ4n) is 3.44. The molecular weight excluding hydrogens is 306 g/mol. The third kappa shape index (κ3) is 5.82. The Kier molecular flexibility index (Phi) is 6.95. The molecule has 2 heteroatoms. The zero-order valence-electron chi connectivity index (χ0n) is 16.1. The van der Waals surface area contributed by atoms with Crippen LogP contribution in [-0.2, 0) is 6.54 Å². The molecule has 0 saturated heterocycles. The summed E-state index contributed by atoms with van der Waals surface area (Å²) in [4.78, 5) is 0. The first-order chi connectivity index (χ1) is 11.9. The second-order valence-electron chi connectivity index (χ2n) is 7.63. The Morgan fingerprint density at radius 3 is 2.60 bits per heavy atom. The van der Waals surface area contributed by atoms with Crippen LogP contribution in [0.1, 0.15) is 52.5 Å². The van der Waals surface area contributed by atoms with Crippen molar-refractivity contribution >= 4 is 6.08 Å². The van der Waals surface area contributed by atoms with Crippen molar-refractivity contribution in [1.29, 1.82) is 0 Å². The van der Waals surface area contributed by atoms with Crippen molar-refractivity contribution in [3.63, 3.8) is 0 Å². The molecule has 2 nitrogen and oxygen atoms in total. The van der Waals surface area contributed by atoms with Crippen molar-refractivity contribution in [2.24, 2.45) is 5.41 Å². The van der Waals surface area contributed by atoms with Gasteiger partial charge in [-0.15, -0.1) is 0 Å². The van der Waals surface area contributed by atoms with Crippen molar-refractivity contribution in [3.05, 3.63) is 71.1 Å². The highest BCUT2D eigenvalue weighted by Gasteiger charge is 2.26. The molecule has 0 spiro atoms. The second kappa shape index (κ2) is 8.96. The molecule has 1 heterocycles. The fraction of sp³-hybridized carbons (Fsp3) is 0.435. The van der Waals surface area contributed by atoms with Crippen LogP contribution in [0.3, 0.4) is 0 Å². The van der Waals surface area contributed by atoms with Gasteiger partial charge in [0.05, 0.1) is 0 Å². The normalized spacial score (nSPS) is 18.5. The molecule has 0 amide bonds. The number of aromatic nitrogens is 1. The van der Waals surface area contributed by atoms with Gasteiger partial charge in [0.15, 0.2) is 18.9 Å². The van der Waals surface area contributed by atoms with E-state index in [0.717, 1.165) is 5.56 Å². The second-order valence-corrected chi connectivity index (χ2v) is 7.63. The number of nitrogens with zero attached hydrogens (tertiary/aromatic N) is 1. The van der Waals surface area contributed by atoms with Crippen LogP contribution in [0.15, 0.2) is 65.5 Å². The summed E-state index contributed by atoms with van der Waals surface area (Å²) >= 11 is 0. The van der Waals surface area contributed by atoms with Crippen LogP contribution < -0.4 is 4.57 Å². The summed E-state index contributed by atoms with van der Waals surface area (Å²) < 4.78 is 1.98. The zero-order chi connectivity index (χ0) is 18.3. The van der Waals surface area contributed by atoms with Gasteiger partial charge in [-0.3, -0.25) is 0 Å². The van der Waals surface area contributed by atoms with Gasteiger partial charge in [0.1, 0.15) is 6.61 Å². The zero-order valence-corrected chi connectivity index (χ0v) is 16.1. The molecule has 0 bridgehead atoms. The van der Waals surface area contributed by atoms with E-state index >= 15 is 0 Å². The summed E-state index contributed by atoms with van der Waals surface area (Å²) in [5, 5.41) is 8.93. The van der Waals surface area contributed by atoms with Gasteiger partial charge in [-0.2, -0.15) is 0 Å². The van der Waals surface area contributed by atoms with E-state index in [9.17, 15) is 0 Å². The maximum Gasteiger partial charge on any atom is 0.171 e. The number of rotatable bonds is 6. The third-order valence-corrected chi connectivity index (χ3v) is 4.98. The minimum atomic E-state index is 0.167. The number of aliphatic hydroxyl groups is 1. The molecule has 1 N–H and O–H groups in total. The standard InChI is InChI=1S/C23H32NO/c1-19(10-11-22-20(2)8-6-14-23(22,3)4)7-5-9-21-12-15-24(16-13-21)17-18-25/h5,7,9-13,15-16,25H,6,8,14,17-18H2,1-4H3/q+1/b9-5+,11-10+,19-7+. The van der Waals surface area contributed by atoms with E-state index in [4.69, 9.17) is 5.11 Å². The van der Waals surface area contributed by atoms with Gasteiger partial charge in [-0.1, -0.05) is 55.4 Å². The molecule has 0 fully saturated rings. The summed E-state index contributed by atoms with van der Waals surface area (Å²) in [7, 11) is 0. The smallest absolute Gasteiger partial charge is 0.171 e. The topological polar surface area (TPSA) is 24.1 Å². The van der Waals surface area contributed by atoms with Crippen LogP contribution >= 0.6 is 0 Å².